The van der Waals surface area contributed by atoms with Crippen LogP contribution in [0.1, 0.15) is 25.8 Å². The van der Waals surface area contributed by atoms with Crippen LogP contribution in [0.2, 0.25) is 0 Å². The standard InChI is InChI=1S/C20H32N4O3.HI/c1-4-21-20(24-11-9-23(10-12-24)17(2)25)22-16-18-7-5-8-19(15-18)27-14-6-13-26-3;/h5,7-8,15H,4,6,9-14,16H2,1-3H3,(H,21,22);1H. The van der Waals surface area contributed by atoms with Crippen LogP contribution >= 0.6 is 24.0 Å². The Hall–Kier alpha value is -1.55. The number of benzene rings is 1. The Labute approximate surface area is 185 Å². The average molecular weight is 504 g/mol. The molecule has 0 bridgehead atoms. The summed E-state index contributed by atoms with van der Waals surface area (Å²) in [6.07, 6.45) is 0.871. The summed E-state index contributed by atoms with van der Waals surface area (Å²) < 4.78 is 10.8. The first-order valence-corrected chi connectivity index (χ1v) is 9.63. The van der Waals surface area contributed by atoms with Gasteiger partial charge in [-0.25, -0.2) is 4.99 Å². The van der Waals surface area contributed by atoms with Crippen LogP contribution < -0.4 is 10.1 Å². The van der Waals surface area contributed by atoms with E-state index in [1.54, 1.807) is 14.0 Å². The third-order valence-corrected chi connectivity index (χ3v) is 4.43. The number of nitrogens with one attached hydrogen (secondary N) is 1. The minimum Gasteiger partial charge on any atom is -0.493 e. The summed E-state index contributed by atoms with van der Waals surface area (Å²) in [4.78, 5) is 20.4. The van der Waals surface area contributed by atoms with Crippen LogP contribution in [0.25, 0.3) is 0 Å². The molecule has 1 saturated heterocycles. The fraction of sp³-hybridized carbons (Fsp3) is 0.600. The Morgan fingerprint density at radius 3 is 2.54 bits per heavy atom. The number of guanidine groups is 1. The van der Waals surface area contributed by atoms with E-state index in [-0.39, 0.29) is 29.9 Å². The second-order valence-electron chi connectivity index (χ2n) is 6.51. The van der Waals surface area contributed by atoms with Gasteiger partial charge in [0.15, 0.2) is 5.96 Å². The second kappa shape index (κ2) is 13.6. The molecule has 1 N–H and O–H groups in total. The van der Waals surface area contributed by atoms with Crippen molar-refractivity contribution in [1.29, 1.82) is 0 Å². The van der Waals surface area contributed by atoms with Gasteiger partial charge in [0.05, 0.1) is 13.2 Å². The molecule has 1 fully saturated rings. The molecule has 158 valence electrons. The molecular weight excluding hydrogens is 471 g/mol. The largest absolute Gasteiger partial charge is 0.493 e. The zero-order chi connectivity index (χ0) is 19.5. The molecule has 0 aliphatic carbocycles. The topological polar surface area (TPSA) is 66.4 Å². The van der Waals surface area contributed by atoms with E-state index in [0.29, 0.717) is 19.8 Å². The molecule has 0 unspecified atom stereocenters. The van der Waals surface area contributed by atoms with E-state index in [1.807, 2.05) is 23.1 Å². The Morgan fingerprint density at radius 1 is 1.18 bits per heavy atom. The first-order chi connectivity index (χ1) is 13.1. The highest BCUT2D eigenvalue weighted by molar-refractivity contribution is 14.0. The Morgan fingerprint density at radius 2 is 1.89 bits per heavy atom. The van der Waals surface area contributed by atoms with E-state index in [9.17, 15) is 4.79 Å². The highest BCUT2D eigenvalue weighted by Crippen LogP contribution is 2.15. The lowest BCUT2D eigenvalue weighted by Crippen LogP contribution is -2.53. The van der Waals surface area contributed by atoms with Gasteiger partial charge in [-0.2, -0.15) is 0 Å². The van der Waals surface area contributed by atoms with Crippen molar-refractivity contribution in [2.75, 3.05) is 53.0 Å². The summed E-state index contributed by atoms with van der Waals surface area (Å²) in [5, 5.41) is 3.36. The summed E-state index contributed by atoms with van der Waals surface area (Å²) in [6.45, 7) is 9.52. The molecule has 28 heavy (non-hydrogen) atoms. The molecule has 0 radical (unpaired) electrons. The monoisotopic (exact) mass is 504 g/mol. The van der Waals surface area contributed by atoms with Crippen LogP contribution in [0.4, 0.5) is 0 Å². The molecule has 0 spiro atoms. The van der Waals surface area contributed by atoms with Gasteiger partial charge in [0.2, 0.25) is 5.91 Å². The van der Waals surface area contributed by atoms with Crippen LogP contribution in [-0.4, -0.2) is 74.7 Å². The van der Waals surface area contributed by atoms with Crippen molar-refractivity contribution in [1.82, 2.24) is 15.1 Å². The van der Waals surface area contributed by atoms with E-state index >= 15 is 0 Å². The normalized spacial score (nSPS) is 14.5. The van der Waals surface area contributed by atoms with Gasteiger partial charge in [-0.3, -0.25) is 4.79 Å². The van der Waals surface area contributed by atoms with Crippen molar-refractivity contribution < 1.29 is 14.3 Å². The lowest BCUT2D eigenvalue weighted by atomic mass is 10.2. The second-order valence-corrected chi connectivity index (χ2v) is 6.51. The van der Waals surface area contributed by atoms with Crippen molar-refractivity contribution in [3.63, 3.8) is 0 Å². The third kappa shape index (κ3) is 8.22. The van der Waals surface area contributed by atoms with Gasteiger partial charge in [0, 0.05) is 59.8 Å². The number of halogens is 1. The number of carbonyl (C=O) groups excluding carboxylic acids is 1. The maximum Gasteiger partial charge on any atom is 0.219 e. The molecule has 1 aliphatic rings. The van der Waals surface area contributed by atoms with Crippen LogP contribution in [0.3, 0.4) is 0 Å². The number of nitrogens with zero attached hydrogens (tertiary/aromatic N) is 3. The average Bonchev–Trinajstić information content (AvgIpc) is 2.69. The van der Waals surface area contributed by atoms with Gasteiger partial charge in [-0.1, -0.05) is 12.1 Å². The molecule has 2 rings (SSSR count). The van der Waals surface area contributed by atoms with Gasteiger partial charge in [0.25, 0.3) is 0 Å². The number of rotatable bonds is 8. The van der Waals surface area contributed by atoms with Crippen molar-refractivity contribution in [3.05, 3.63) is 29.8 Å². The lowest BCUT2D eigenvalue weighted by Gasteiger charge is -2.36. The third-order valence-electron chi connectivity index (χ3n) is 4.43. The highest BCUT2D eigenvalue weighted by Gasteiger charge is 2.20. The van der Waals surface area contributed by atoms with Gasteiger partial charge >= 0.3 is 0 Å². The van der Waals surface area contributed by atoms with Crippen LogP contribution in [-0.2, 0) is 16.1 Å². The SMILES string of the molecule is CCNC(=NCc1cccc(OCCCOC)c1)N1CCN(C(C)=O)CC1.I. The van der Waals surface area contributed by atoms with Crippen molar-refractivity contribution in [3.8, 4) is 5.75 Å². The Kier molecular flexibility index (Phi) is 11.9. The predicted molar refractivity (Wildman–Crippen MR) is 122 cm³/mol. The molecule has 0 aromatic heterocycles. The lowest BCUT2D eigenvalue weighted by molar-refractivity contribution is -0.130. The van der Waals surface area contributed by atoms with Crippen molar-refractivity contribution in [2.24, 2.45) is 4.99 Å². The van der Waals surface area contributed by atoms with Gasteiger partial charge in [-0.15, -0.1) is 24.0 Å². The Bertz CT molecular complexity index is 619. The fourth-order valence-corrected chi connectivity index (χ4v) is 2.95. The zero-order valence-corrected chi connectivity index (χ0v) is 19.5. The van der Waals surface area contributed by atoms with E-state index in [0.717, 1.165) is 56.4 Å². The van der Waals surface area contributed by atoms with Crippen LogP contribution in [0.15, 0.2) is 29.3 Å². The van der Waals surface area contributed by atoms with E-state index in [4.69, 9.17) is 14.5 Å². The summed E-state index contributed by atoms with van der Waals surface area (Å²) >= 11 is 0. The Balaban J connectivity index is 0.00000392. The highest BCUT2D eigenvalue weighted by atomic mass is 127. The summed E-state index contributed by atoms with van der Waals surface area (Å²) in [5.41, 5.74) is 1.11. The van der Waals surface area contributed by atoms with Gasteiger partial charge in [0.1, 0.15) is 5.75 Å². The van der Waals surface area contributed by atoms with E-state index < -0.39 is 0 Å². The molecule has 1 aliphatic heterocycles. The molecule has 1 aromatic carbocycles. The number of methoxy groups -OCH3 is 1. The molecule has 1 aromatic rings. The molecule has 1 amide bonds. The van der Waals surface area contributed by atoms with E-state index in [2.05, 4.69) is 23.2 Å². The molecule has 0 saturated carbocycles. The molecular formula is C20H33IN4O3. The van der Waals surface area contributed by atoms with E-state index in [1.165, 1.54) is 0 Å². The predicted octanol–water partition coefficient (Wildman–Crippen LogP) is 2.35. The smallest absolute Gasteiger partial charge is 0.219 e. The first-order valence-electron chi connectivity index (χ1n) is 9.63. The number of ether oxygens (including phenoxy) is 2. The number of amides is 1. The number of aliphatic imine (C=N–C) groups is 1. The molecule has 0 atom stereocenters. The number of carbonyl (C=O) groups is 1. The summed E-state index contributed by atoms with van der Waals surface area (Å²) in [5.74, 6) is 1.89. The molecule has 1 heterocycles. The fourth-order valence-electron chi connectivity index (χ4n) is 2.95. The number of piperazine rings is 1. The number of hydrogen-bond donors (Lipinski definition) is 1. The van der Waals surface area contributed by atoms with Crippen molar-refractivity contribution in [2.45, 2.75) is 26.8 Å². The quantitative estimate of drug-likeness (QED) is 0.255. The minimum atomic E-state index is 0. The zero-order valence-electron chi connectivity index (χ0n) is 17.1. The number of hydrogen-bond acceptors (Lipinski definition) is 4. The summed E-state index contributed by atoms with van der Waals surface area (Å²) in [7, 11) is 1.69. The first kappa shape index (κ1) is 24.5. The minimum absolute atomic E-state index is 0. The van der Waals surface area contributed by atoms with Crippen molar-refractivity contribution >= 4 is 35.8 Å². The summed E-state index contributed by atoms with van der Waals surface area (Å²) in [6, 6.07) is 8.05. The van der Waals surface area contributed by atoms with Crippen LogP contribution in [0, 0.1) is 0 Å². The molecule has 7 nitrogen and oxygen atoms in total. The molecule has 8 heteroatoms. The van der Waals surface area contributed by atoms with Crippen LogP contribution in [0.5, 0.6) is 5.75 Å². The maximum absolute atomic E-state index is 11.5. The maximum atomic E-state index is 11.5. The van der Waals surface area contributed by atoms with Gasteiger partial charge < -0.3 is 24.6 Å². The van der Waals surface area contributed by atoms with Gasteiger partial charge in [-0.05, 0) is 24.6 Å².